The minimum absolute atomic E-state index is 0.125. The van der Waals surface area contributed by atoms with E-state index in [1.54, 1.807) is 25.4 Å². The molecule has 0 atom stereocenters. The molecular formula is C14H11BrClNO2. The predicted octanol–water partition coefficient (Wildman–Crippen LogP) is 3.93. The summed E-state index contributed by atoms with van der Waals surface area (Å²) in [6, 6.07) is 8.84. The van der Waals surface area contributed by atoms with Gasteiger partial charge in [0.05, 0.1) is 12.1 Å². The largest absolute Gasteiger partial charge is 0.497 e. The maximum Gasteiger partial charge on any atom is 0.187 e. The minimum Gasteiger partial charge on any atom is -0.497 e. The summed E-state index contributed by atoms with van der Waals surface area (Å²) in [5.41, 5.74) is 1.13. The Hall–Kier alpha value is -1.39. The van der Waals surface area contributed by atoms with Crippen LogP contribution in [0.25, 0.3) is 0 Å². The lowest BCUT2D eigenvalue weighted by atomic mass is 10.1. The Morgan fingerprint density at radius 1 is 1.42 bits per heavy atom. The van der Waals surface area contributed by atoms with Crippen LogP contribution in [-0.4, -0.2) is 17.9 Å². The topological polar surface area (TPSA) is 39.2 Å². The van der Waals surface area contributed by atoms with E-state index in [9.17, 15) is 4.79 Å². The second kappa shape index (κ2) is 6.17. The maximum atomic E-state index is 12.2. The van der Waals surface area contributed by atoms with Crippen molar-refractivity contribution in [2.24, 2.45) is 0 Å². The highest BCUT2D eigenvalue weighted by Gasteiger charge is 2.14. The number of ether oxygens (including phenoxy) is 1. The first-order chi connectivity index (χ1) is 9.11. The van der Waals surface area contributed by atoms with Gasteiger partial charge in [0.1, 0.15) is 11.4 Å². The van der Waals surface area contributed by atoms with Gasteiger partial charge in [0.15, 0.2) is 5.78 Å². The molecule has 1 aromatic heterocycles. The van der Waals surface area contributed by atoms with Gasteiger partial charge in [-0.25, -0.2) is 0 Å². The number of hydrogen-bond donors (Lipinski definition) is 0. The Labute approximate surface area is 124 Å². The Morgan fingerprint density at radius 2 is 2.21 bits per heavy atom. The smallest absolute Gasteiger partial charge is 0.187 e. The van der Waals surface area contributed by atoms with Crippen molar-refractivity contribution in [3.05, 3.63) is 57.3 Å². The minimum atomic E-state index is -0.125. The number of benzene rings is 1. The molecular weight excluding hydrogens is 330 g/mol. The fourth-order valence-electron chi connectivity index (χ4n) is 1.66. The number of hydrogen-bond acceptors (Lipinski definition) is 3. The van der Waals surface area contributed by atoms with Crippen molar-refractivity contribution in [2.45, 2.75) is 6.42 Å². The molecule has 19 heavy (non-hydrogen) atoms. The fourth-order valence-corrected chi connectivity index (χ4v) is 2.27. The third-order valence-electron chi connectivity index (χ3n) is 2.63. The van der Waals surface area contributed by atoms with Crippen molar-refractivity contribution in [3.63, 3.8) is 0 Å². The maximum absolute atomic E-state index is 12.2. The highest BCUT2D eigenvalue weighted by molar-refractivity contribution is 9.10. The number of nitrogens with zero attached hydrogens (tertiary/aromatic N) is 1. The summed E-state index contributed by atoms with van der Waals surface area (Å²) in [5, 5.41) is 0.367. The van der Waals surface area contributed by atoms with E-state index in [0.29, 0.717) is 16.5 Å². The molecule has 0 N–H and O–H groups in total. The number of carbonyl (C=O) groups is 1. The standard InChI is InChI=1S/C14H11BrClNO2/c1-19-10-4-5-11(15)9(7-10)8-13(18)14-12(16)3-2-6-17-14/h2-7H,8H2,1H3. The molecule has 0 amide bonds. The molecule has 3 nitrogen and oxygen atoms in total. The number of methoxy groups -OCH3 is 1. The molecule has 0 aliphatic rings. The Balaban J connectivity index is 2.26. The van der Waals surface area contributed by atoms with Gasteiger partial charge in [0.25, 0.3) is 0 Å². The van der Waals surface area contributed by atoms with Crippen LogP contribution in [-0.2, 0) is 6.42 Å². The summed E-state index contributed by atoms with van der Waals surface area (Å²) >= 11 is 9.38. The van der Waals surface area contributed by atoms with E-state index in [1.807, 2.05) is 18.2 Å². The molecule has 98 valence electrons. The van der Waals surface area contributed by atoms with Crippen LogP contribution in [0.15, 0.2) is 41.0 Å². The number of ketones is 1. The second-order valence-electron chi connectivity index (χ2n) is 3.89. The zero-order valence-electron chi connectivity index (χ0n) is 10.2. The number of rotatable bonds is 4. The van der Waals surface area contributed by atoms with E-state index in [2.05, 4.69) is 20.9 Å². The van der Waals surface area contributed by atoms with Crippen LogP contribution in [0.4, 0.5) is 0 Å². The van der Waals surface area contributed by atoms with Crippen molar-refractivity contribution in [3.8, 4) is 5.75 Å². The number of Topliss-reactive ketones (excluding diaryl/α,β-unsaturated/α-hetero) is 1. The first kappa shape index (κ1) is 14.0. The highest BCUT2D eigenvalue weighted by Crippen LogP contribution is 2.24. The van der Waals surface area contributed by atoms with E-state index < -0.39 is 0 Å². The predicted molar refractivity (Wildman–Crippen MR) is 78.0 cm³/mol. The van der Waals surface area contributed by atoms with Crippen molar-refractivity contribution < 1.29 is 9.53 Å². The van der Waals surface area contributed by atoms with Crippen LogP contribution in [0.2, 0.25) is 5.02 Å². The van der Waals surface area contributed by atoms with Crippen molar-refractivity contribution in [1.29, 1.82) is 0 Å². The summed E-state index contributed by atoms with van der Waals surface area (Å²) in [6.07, 6.45) is 1.77. The molecule has 0 aliphatic heterocycles. The van der Waals surface area contributed by atoms with Crippen LogP contribution in [0.3, 0.4) is 0 Å². The van der Waals surface area contributed by atoms with Gasteiger partial charge < -0.3 is 4.74 Å². The Morgan fingerprint density at radius 3 is 2.89 bits per heavy atom. The van der Waals surface area contributed by atoms with Crippen LogP contribution in [0, 0.1) is 0 Å². The van der Waals surface area contributed by atoms with Crippen molar-refractivity contribution in [2.75, 3.05) is 7.11 Å². The van der Waals surface area contributed by atoms with E-state index in [0.717, 1.165) is 10.0 Å². The second-order valence-corrected chi connectivity index (χ2v) is 5.15. The lowest BCUT2D eigenvalue weighted by Crippen LogP contribution is -2.07. The molecule has 0 saturated heterocycles. The van der Waals surface area contributed by atoms with Crippen molar-refractivity contribution in [1.82, 2.24) is 4.98 Å². The van der Waals surface area contributed by atoms with Crippen LogP contribution in [0.5, 0.6) is 5.75 Å². The first-order valence-electron chi connectivity index (χ1n) is 5.58. The SMILES string of the molecule is COc1ccc(Br)c(CC(=O)c2ncccc2Cl)c1. The van der Waals surface area contributed by atoms with Gasteiger partial charge in [-0.1, -0.05) is 27.5 Å². The zero-order valence-corrected chi connectivity index (χ0v) is 12.5. The van der Waals surface area contributed by atoms with E-state index in [1.165, 1.54) is 0 Å². The lowest BCUT2D eigenvalue weighted by Gasteiger charge is -2.07. The normalized spacial score (nSPS) is 10.3. The summed E-state index contributed by atoms with van der Waals surface area (Å²) in [7, 11) is 1.59. The fraction of sp³-hybridized carbons (Fsp3) is 0.143. The van der Waals surface area contributed by atoms with Gasteiger partial charge in [0, 0.05) is 17.1 Å². The number of pyridine rings is 1. The summed E-state index contributed by atoms with van der Waals surface area (Å²) in [5.74, 6) is 0.581. The quantitative estimate of drug-likeness (QED) is 0.792. The summed E-state index contributed by atoms with van der Waals surface area (Å²) in [4.78, 5) is 16.2. The highest BCUT2D eigenvalue weighted by atomic mass is 79.9. The van der Waals surface area contributed by atoms with Gasteiger partial charge >= 0.3 is 0 Å². The van der Waals surface area contributed by atoms with Gasteiger partial charge in [-0.2, -0.15) is 0 Å². The zero-order chi connectivity index (χ0) is 13.8. The average molecular weight is 341 g/mol. The lowest BCUT2D eigenvalue weighted by molar-refractivity contribution is 0.0988. The number of aromatic nitrogens is 1. The number of halogens is 2. The molecule has 0 bridgehead atoms. The Kier molecular flexibility index (Phi) is 4.56. The Bertz CT molecular complexity index is 616. The van der Waals surface area contributed by atoms with Crippen LogP contribution >= 0.6 is 27.5 Å². The summed E-state index contributed by atoms with van der Waals surface area (Å²) < 4.78 is 6.00. The third-order valence-corrected chi connectivity index (χ3v) is 3.71. The molecule has 1 heterocycles. The molecule has 1 aromatic carbocycles. The summed E-state index contributed by atoms with van der Waals surface area (Å²) in [6.45, 7) is 0. The molecule has 2 aromatic rings. The van der Waals surface area contributed by atoms with Crippen LogP contribution in [0.1, 0.15) is 16.1 Å². The van der Waals surface area contributed by atoms with E-state index in [-0.39, 0.29) is 12.2 Å². The molecule has 0 fully saturated rings. The van der Waals surface area contributed by atoms with Gasteiger partial charge in [0.2, 0.25) is 0 Å². The molecule has 2 rings (SSSR count). The average Bonchev–Trinajstić information content (AvgIpc) is 2.41. The molecule has 0 unspecified atom stereocenters. The van der Waals surface area contributed by atoms with E-state index >= 15 is 0 Å². The molecule has 0 aliphatic carbocycles. The first-order valence-corrected chi connectivity index (χ1v) is 6.75. The monoisotopic (exact) mass is 339 g/mol. The van der Waals surface area contributed by atoms with E-state index in [4.69, 9.17) is 16.3 Å². The molecule has 0 radical (unpaired) electrons. The number of carbonyl (C=O) groups excluding carboxylic acids is 1. The van der Waals surface area contributed by atoms with Gasteiger partial charge in [-0.05, 0) is 35.9 Å². The van der Waals surface area contributed by atoms with Crippen molar-refractivity contribution >= 4 is 33.3 Å². The molecule has 0 saturated carbocycles. The third kappa shape index (κ3) is 3.33. The molecule has 5 heteroatoms. The molecule has 0 spiro atoms. The van der Waals surface area contributed by atoms with Gasteiger partial charge in [-0.3, -0.25) is 9.78 Å². The van der Waals surface area contributed by atoms with Crippen LogP contribution < -0.4 is 4.74 Å². The van der Waals surface area contributed by atoms with Gasteiger partial charge in [-0.15, -0.1) is 0 Å².